The number of pyridine rings is 1. The standard InChI is InChI=1S/C17H26N2O4/c1-11(2)15-7-13(8-16(20)18-15)17(21)19-5-6-22-14(9-19)10-23-12(3)4/h7-8,11-12,14H,5-6,9-10H2,1-4H3,(H,18,20). The predicted octanol–water partition coefficient (Wildman–Crippen LogP) is 1.76. The SMILES string of the molecule is CC(C)OCC1CN(C(=O)c2cc(C(C)C)[nH]c(=O)c2)CCO1. The molecule has 1 aliphatic rings. The van der Waals surface area contributed by atoms with E-state index in [1.165, 1.54) is 6.07 Å². The zero-order valence-corrected chi connectivity index (χ0v) is 14.3. The molecule has 6 heteroatoms. The number of rotatable bonds is 5. The monoisotopic (exact) mass is 322 g/mol. The van der Waals surface area contributed by atoms with Crippen molar-refractivity contribution in [3.8, 4) is 0 Å². The highest BCUT2D eigenvalue weighted by Gasteiger charge is 2.26. The van der Waals surface area contributed by atoms with E-state index in [9.17, 15) is 9.59 Å². The zero-order chi connectivity index (χ0) is 17.0. The van der Waals surface area contributed by atoms with E-state index in [4.69, 9.17) is 9.47 Å². The Bertz CT molecular complexity index is 595. The molecule has 1 N–H and O–H groups in total. The molecular formula is C17H26N2O4. The maximum Gasteiger partial charge on any atom is 0.254 e. The van der Waals surface area contributed by atoms with E-state index >= 15 is 0 Å². The first kappa shape index (κ1) is 17.7. The lowest BCUT2D eigenvalue weighted by Gasteiger charge is -2.33. The molecular weight excluding hydrogens is 296 g/mol. The number of hydrogen-bond acceptors (Lipinski definition) is 4. The lowest BCUT2D eigenvalue weighted by atomic mass is 10.1. The fourth-order valence-corrected chi connectivity index (χ4v) is 2.49. The summed E-state index contributed by atoms with van der Waals surface area (Å²) in [7, 11) is 0. The third-order valence-electron chi connectivity index (χ3n) is 3.78. The molecule has 0 radical (unpaired) electrons. The number of ether oxygens (including phenoxy) is 2. The van der Waals surface area contributed by atoms with Gasteiger partial charge in [-0.05, 0) is 25.8 Å². The third-order valence-corrected chi connectivity index (χ3v) is 3.78. The van der Waals surface area contributed by atoms with Gasteiger partial charge >= 0.3 is 0 Å². The number of carbonyl (C=O) groups excluding carboxylic acids is 1. The maximum absolute atomic E-state index is 12.7. The summed E-state index contributed by atoms with van der Waals surface area (Å²) in [5.74, 6) is 0.0307. The lowest BCUT2D eigenvalue weighted by Crippen LogP contribution is -2.47. The summed E-state index contributed by atoms with van der Waals surface area (Å²) in [6.45, 7) is 9.86. The van der Waals surface area contributed by atoms with Crippen LogP contribution in [0.2, 0.25) is 0 Å². The van der Waals surface area contributed by atoms with Crippen LogP contribution in [0.4, 0.5) is 0 Å². The smallest absolute Gasteiger partial charge is 0.254 e. The Morgan fingerprint density at radius 1 is 1.39 bits per heavy atom. The molecule has 1 amide bonds. The van der Waals surface area contributed by atoms with E-state index in [0.717, 1.165) is 5.69 Å². The van der Waals surface area contributed by atoms with Gasteiger partial charge in [0.2, 0.25) is 5.56 Å². The first-order valence-electron chi connectivity index (χ1n) is 8.13. The molecule has 2 rings (SSSR count). The van der Waals surface area contributed by atoms with Crippen LogP contribution in [0.5, 0.6) is 0 Å². The minimum Gasteiger partial charge on any atom is -0.376 e. The highest BCUT2D eigenvalue weighted by Crippen LogP contribution is 2.15. The number of H-pyrrole nitrogens is 1. The molecule has 0 saturated carbocycles. The van der Waals surface area contributed by atoms with Crippen molar-refractivity contribution < 1.29 is 14.3 Å². The molecule has 1 aromatic heterocycles. The number of amides is 1. The Morgan fingerprint density at radius 3 is 2.78 bits per heavy atom. The Morgan fingerprint density at radius 2 is 2.13 bits per heavy atom. The topological polar surface area (TPSA) is 71.6 Å². The molecule has 0 aromatic carbocycles. The molecule has 1 atom stereocenters. The van der Waals surface area contributed by atoms with Gasteiger partial charge in [0, 0.05) is 30.4 Å². The molecule has 1 saturated heterocycles. The van der Waals surface area contributed by atoms with Crippen molar-refractivity contribution in [1.29, 1.82) is 0 Å². The highest BCUT2D eigenvalue weighted by molar-refractivity contribution is 5.94. The normalized spacial score (nSPS) is 18.7. The summed E-state index contributed by atoms with van der Waals surface area (Å²) < 4.78 is 11.2. The third kappa shape index (κ3) is 4.91. The van der Waals surface area contributed by atoms with E-state index < -0.39 is 0 Å². The van der Waals surface area contributed by atoms with Crippen LogP contribution in [-0.2, 0) is 9.47 Å². The molecule has 1 aromatic rings. The second-order valence-electron chi connectivity index (χ2n) is 6.47. The molecule has 0 bridgehead atoms. The summed E-state index contributed by atoms with van der Waals surface area (Å²) in [5.41, 5.74) is 0.962. The summed E-state index contributed by atoms with van der Waals surface area (Å²) in [5, 5.41) is 0. The van der Waals surface area contributed by atoms with Gasteiger partial charge < -0.3 is 19.4 Å². The van der Waals surface area contributed by atoms with Crippen molar-refractivity contribution in [2.45, 2.75) is 45.8 Å². The van der Waals surface area contributed by atoms with Crippen molar-refractivity contribution in [2.24, 2.45) is 0 Å². The van der Waals surface area contributed by atoms with Crippen molar-refractivity contribution >= 4 is 5.91 Å². The molecule has 128 valence electrons. The van der Waals surface area contributed by atoms with Gasteiger partial charge in [-0.1, -0.05) is 13.8 Å². The van der Waals surface area contributed by atoms with Gasteiger partial charge in [0.15, 0.2) is 0 Å². The van der Waals surface area contributed by atoms with Crippen molar-refractivity contribution in [3.05, 3.63) is 33.7 Å². The zero-order valence-electron chi connectivity index (χ0n) is 14.3. The molecule has 1 aliphatic heterocycles. The Kier molecular flexibility index (Phi) is 5.96. The average Bonchev–Trinajstić information content (AvgIpc) is 2.51. The van der Waals surface area contributed by atoms with Crippen molar-refractivity contribution in [3.63, 3.8) is 0 Å². The van der Waals surface area contributed by atoms with Crippen LogP contribution in [0.3, 0.4) is 0 Å². The fourth-order valence-electron chi connectivity index (χ4n) is 2.49. The number of aromatic amines is 1. The second kappa shape index (κ2) is 7.75. The van der Waals surface area contributed by atoms with Gasteiger partial charge in [-0.25, -0.2) is 0 Å². The van der Waals surface area contributed by atoms with Gasteiger partial charge in [-0.3, -0.25) is 9.59 Å². The van der Waals surface area contributed by atoms with Gasteiger partial charge in [0.25, 0.3) is 5.91 Å². The number of hydrogen-bond donors (Lipinski definition) is 1. The van der Waals surface area contributed by atoms with Crippen molar-refractivity contribution in [2.75, 3.05) is 26.3 Å². The minimum atomic E-state index is -0.243. The molecule has 6 nitrogen and oxygen atoms in total. The van der Waals surface area contributed by atoms with Crippen LogP contribution in [0, 0.1) is 0 Å². The van der Waals surface area contributed by atoms with E-state index in [0.29, 0.717) is 31.9 Å². The molecule has 1 fully saturated rings. The number of aromatic nitrogens is 1. The second-order valence-corrected chi connectivity index (χ2v) is 6.47. The summed E-state index contributed by atoms with van der Waals surface area (Å²) in [4.78, 5) is 29.0. The van der Waals surface area contributed by atoms with Crippen LogP contribution in [0.15, 0.2) is 16.9 Å². The Balaban J connectivity index is 2.09. The van der Waals surface area contributed by atoms with Crippen molar-refractivity contribution in [1.82, 2.24) is 9.88 Å². The molecule has 0 spiro atoms. The lowest BCUT2D eigenvalue weighted by molar-refractivity contribution is -0.0725. The number of nitrogens with zero attached hydrogens (tertiary/aromatic N) is 1. The predicted molar refractivity (Wildman–Crippen MR) is 87.9 cm³/mol. The van der Waals surface area contributed by atoms with E-state index in [-0.39, 0.29) is 29.6 Å². The molecule has 1 unspecified atom stereocenters. The van der Waals surface area contributed by atoms with Gasteiger partial charge in [-0.2, -0.15) is 0 Å². The van der Waals surface area contributed by atoms with Crippen LogP contribution >= 0.6 is 0 Å². The van der Waals surface area contributed by atoms with Gasteiger partial charge in [0.05, 0.1) is 25.4 Å². The summed E-state index contributed by atoms with van der Waals surface area (Å²) in [6, 6.07) is 3.13. The Labute approximate surface area is 136 Å². The average molecular weight is 322 g/mol. The summed E-state index contributed by atoms with van der Waals surface area (Å²) in [6.07, 6.45) is 0.00706. The molecule has 23 heavy (non-hydrogen) atoms. The molecule has 2 heterocycles. The first-order valence-corrected chi connectivity index (χ1v) is 8.13. The molecule has 0 aliphatic carbocycles. The van der Waals surface area contributed by atoms with E-state index in [2.05, 4.69) is 4.98 Å². The summed E-state index contributed by atoms with van der Waals surface area (Å²) >= 11 is 0. The van der Waals surface area contributed by atoms with Crippen LogP contribution in [0.25, 0.3) is 0 Å². The quantitative estimate of drug-likeness (QED) is 0.897. The minimum absolute atomic E-state index is 0.123. The van der Waals surface area contributed by atoms with Gasteiger partial charge in [-0.15, -0.1) is 0 Å². The maximum atomic E-state index is 12.7. The Hall–Kier alpha value is -1.66. The van der Waals surface area contributed by atoms with Gasteiger partial charge in [0.1, 0.15) is 0 Å². The van der Waals surface area contributed by atoms with E-state index in [1.54, 1.807) is 11.0 Å². The van der Waals surface area contributed by atoms with E-state index in [1.807, 2.05) is 27.7 Å². The first-order chi connectivity index (χ1) is 10.9. The van der Waals surface area contributed by atoms with Crippen LogP contribution in [0.1, 0.15) is 49.7 Å². The van der Waals surface area contributed by atoms with Crippen LogP contribution < -0.4 is 5.56 Å². The largest absolute Gasteiger partial charge is 0.376 e. The fraction of sp³-hybridized carbons (Fsp3) is 0.647. The highest BCUT2D eigenvalue weighted by atomic mass is 16.5. The van der Waals surface area contributed by atoms with Crippen LogP contribution in [-0.4, -0.2) is 54.3 Å². The number of carbonyl (C=O) groups is 1. The number of morpholine rings is 1. The number of nitrogens with one attached hydrogen (secondary N) is 1.